The van der Waals surface area contributed by atoms with Gasteiger partial charge in [0.2, 0.25) is 11.7 Å². The van der Waals surface area contributed by atoms with Gasteiger partial charge >= 0.3 is 6.03 Å². The zero-order chi connectivity index (χ0) is 20.4. The number of nitrogens with zero attached hydrogens (tertiary/aromatic N) is 3. The van der Waals surface area contributed by atoms with Crippen LogP contribution in [0.3, 0.4) is 0 Å². The van der Waals surface area contributed by atoms with E-state index < -0.39 is 23.7 Å². The van der Waals surface area contributed by atoms with Gasteiger partial charge in [-0.1, -0.05) is 17.3 Å². The van der Waals surface area contributed by atoms with Gasteiger partial charge in [0.05, 0.1) is 18.4 Å². The van der Waals surface area contributed by atoms with E-state index in [1.54, 1.807) is 13.2 Å². The zero-order valence-corrected chi connectivity index (χ0v) is 15.6. The van der Waals surface area contributed by atoms with Crippen molar-refractivity contribution in [3.63, 3.8) is 0 Å². The highest BCUT2D eigenvalue weighted by atomic mass is 19.1. The van der Waals surface area contributed by atoms with Crippen molar-refractivity contribution in [3.05, 3.63) is 60.0 Å². The highest BCUT2D eigenvalue weighted by Gasteiger charge is 2.34. The number of carbonyl (C=O) groups is 1. The number of likely N-dealkylation sites (tertiary alicyclic amines) is 1. The van der Waals surface area contributed by atoms with Gasteiger partial charge in [0.15, 0.2) is 0 Å². The maximum atomic E-state index is 13.9. The van der Waals surface area contributed by atoms with Crippen LogP contribution in [0, 0.1) is 11.6 Å². The van der Waals surface area contributed by atoms with E-state index in [2.05, 4.69) is 15.5 Å². The molecule has 1 N–H and O–H groups in total. The Morgan fingerprint density at radius 2 is 2.10 bits per heavy atom. The third-order valence-electron chi connectivity index (χ3n) is 4.76. The lowest BCUT2D eigenvalue weighted by molar-refractivity contribution is 0.193. The topological polar surface area (TPSA) is 80.5 Å². The maximum absolute atomic E-state index is 13.9. The molecule has 3 aromatic rings. The summed E-state index contributed by atoms with van der Waals surface area (Å²) in [5, 5.41) is 6.49. The average Bonchev–Trinajstić information content (AvgIpc) is 3.39. The van der Waals surface area contributed by atoms with Gasteiger partial charge in [-0.15, -0.1) is 0 Å². The molecule has 0 unspecified atom stereocenters. The second kappa shape index (κ2) is 7.86. The van der Waals surface area contributed by atoms with E-state index in [4.69, 9.17) is 9.26 Å². The van der Waals surface area contributed by atoms with Crippen LogP contribution in [0.4, 0.5) is 19.3 Å². The molecule has 2 amide bonds. The predicted octanol–water partition coefficient (Wildman–Crippen LogP) is 4.39. The second-order valence-corrected chi connectivity index (χ2v) is 6.56. The molecule has 7 nitrogen and oxygen atoms in total. The molecule has 0 radical (unpaired) electrons. The van der Waals surface area contributed by atoms with Gasteiger partial charge in [0, 0.05) is 12.6 Å². The molecule has 1 aromatic heterocycles. The summed E-state index contributed by atoms with van der Waals surface area (Å²) < 4.78 is 37.7. The number of hydrogen-bond donors (Lipinski definition) is 1. The van der Waals surface area contributed by atoms with Crippen LogP contribution in [0.15, 0.2) is 47.0 Å². The summed E-state index contributed by atoms with van der Waals surface area (Å²) in [6.07, 6.45) is 1.36. The molecule has 1 aliphatic heterocycles. The minimum absolute atomic E-state index is 0.0951. The summed E-state index contributed by atoms with van der Waals surface area (Å²) in [5.74, 6) is -0.306. The normalized spacial score (nSPS) is 16.1. The van der Waals surface area contributed by atoms with Gasteiger partial charge in [-0.25, -0.2) is 13.6 Å². The quantitative estimate of drug-likeness (QED) is 0.702. The number of para-hydroxylation sites is 1. The zero-order valence-electron chi connectivity index (χ0n) is 15.6. The fourth-order valence-electron chi connectivity index (χ4n) is 3.35. The monoisotopic (exact) mass is 400 g/mol. The van der Waals surface area contributed by atoms with Crippen molar-refractivity contribution < 1.29 is 22.8 Å². The Kier molecular flexibility index (Phi) is 5.11. The number of carbonyl (C=O) groups excluding carboxylic acids is 1. The van der Waals surface area contributed by atoms with Crippen LogP contribution in [0.1, 0.15) is 24.8 Å². The summed E-state index contributed by atoms with van der Waals surface area (Å²) in [4.78, 5) is 18.6. The molecule has 0 bridgehead atoms. The van der Waals surface area contributed by atoms with Crippen LogP contribution >= 0.6 is 0 Å². The molecule has 150 valence electrons. The third-order valence-corrected chi connectivity index (χ3v) is 4.76. The molecule has 1 aliphatic rings. The number of anilines is 1. The van der Waals surface area contributed by atoms with Crippen LogP contribution in [-0.4, -0.2) is 34.7 Å². The van der Waals surface area contributed by atoms with E-state index in [9.17, 15) is 13.6 Å². The molecule has 1 fully saturated rings. The number of amides is 2. The Bertz CT molecular complexity index is 1040. The Morgan fingerprint density at radius 3 is 2.90 bits per heavy atom. The fraction of sp³-hybridized carbons (Fsp3) is 0.250. The number of nitrogens with one attached hydrogen (secondary N) is 1. The minimum Gasteiger partial charge on any atom is -0.496 e. The van der Waals surface area contributed by atoms with E-state index in [0.717, 1.165) is 12.5 Å². The first-order valence-corrected chi connectivity index (χ1v) is 9.06. The van der Waals surface area contributed by atoms with E-state index in [-0.39, 0.29) is 11.6 Å². The second-order valence-electron chi connectivity index (χ2n) is 6.56. The Labute approximate surface area is 165 Å². The minimum atomic E-state index is -0.842. The van der Waals surface area contributed by atoms with Gasteiger partial charge < -0.3 is 19.5 Å². The van der Waals surface area contributed by atoms with Gasteiger partial charge in [0.1, 0.15) is 23.4 Å². The van der Waals surface area contributed by atoms with Crippen LogP contribution in [0.2, 0.25) is 0 Å². The van der Waals surface area contributed by atoms with Crippen molar-refractivity contribution in [2.75, 3.05) is 19.0 Å². The van der Waals surface area contributed by atoms with E-state index in [1.807, 2.05) is 18.2 Å². The standard InChI is InChI=1S/C20H18F2N4O3/c1-28-17-7-3-2-5-13(17)18-24-19(29-25-18)16-6-4-10-26(16)20(27)23-15-9-8-12(21)11-14(15)22/h2-3,5,7-9,11,16H,4,6,10H2,1H3,(H,23,27)/t16-/m1/s1. The van der Waals surface area contributed by atoms with Crippen molar-refractivity contribution in [2.45, 2.75) is 18.9 Å². The van der Waals surface area contributed by atoms with Gasteiger partial charge in [0.25, 0.3) is 0 Å². The number of halogens is 2. The van der Waals surface area contributed by atoms with Crippen molar-refractivity contribution in [1.82, 2.24) is 15.0 Å². The number of ether oxygens (including phenoxy) is 1. The highest BCUT2D eigenvalue weighted by Crippen LogP contribution is 2.34. The lowest BCUT2D eigenvalue weighted by Gasteiger charge is -2.22. The number of benzene rings is 2. The van der Waals surface area contributed by atoms with E-state index in [0.29, 0.717) is 36.2 Å². The van der Waals surface area contributed by atoms with Gasteiger partial charge in [-0.05, 0) is 37.1 Å². The number of rotatable bonds is 4. The molecule has 2 aromatic carbocycles. The first kappa shape index (κ1) is 18.9. The summed E-state index contributed by atoms with van der Waals surface area (Å²) in [6, 6.07) is 9.29. The SMILES string of the molecule is COc1ccccc1-c1noc([C@H]2CCCN2C(=O)Nc2ccc(F)cc2F)n1. The molecule has 1 atom stereocenters. The Morgan fingerprint density at radius 1 is 1.28 bits per heavy atom. The largest absolute Gasteiger partial charge is 0.496 e. The van der Waals surface area contributed by atoms with Gasteiger partial charge in [-0.2, -0.15) is 4.98 Å². The molecule has 29 heavy (non-hydrogen) atoms. The van der Waals surface area contributed by atoms with E-state index >= 15 is 0 Å². The first-order valence-electron chi connectivity index (χ1n) is 9.06. The molecule has 9 heteroatoms. The number of aromatic nitrogens is 2. The number of urea groups is 1. The Hall–Kier alpha value is -3.49. The average molecular weight is 400 g/mol. The van der Waals surface area contributed by atoms with Crippen molar-refractivity contribution in [1.29, 1.82) is 0 Å². The van der Waals surface area contributed by atoms with Crippen molar-refractivity contribution in [3.8, 4) is 17.1 Å². The Balaban J connectivity index is 1.54. The lowest BCUT2D eigenvalue weighted by atomic mass is 10.2. The van der Waals surface area contributed by atoms with Crippen LogP contribution in [0.5, 0.6) is 5.75 Å². The highest BCUT2D eigenvalue weighted by molar-refractivity contribution is 5.89. The summed E-state index contributed by atoms with van der Waals surface area (Å²) >= 11 is 0. The van der Waals surface area contributed by atoms with Crippen LogP contribution in [0.25, 0.3) is 11.4 Å². The molecule has 4 rings (SSSR count). The molecule has 1 saturated heterocycles. The molecule has 0 aliphatic carbocycles. The molecule has 0 saturated carbocycles. The molecule has 0 spiro atoms. The van der Waals surface area contributed by atoms with Gasteiger partial charge in [-0.3, -0.25) is 0 Å². The fourth-order valence-corrected chi connectivity index (χ4v) is 3.35. The summed E-state index contributed by atoms with van der Waals surface area (Å²) in [6.45, 7) is 0.450. The van der Waals surface area contributed by atoms with Crippen LogP contribution in [-0.2, 0) is 0 Å². The third kappa shape index (κ3) is 3.75. The molecular formula is C20H18F2N4O3. The summed E-state index contributed by atoms with van der Waals surface area (Å²) in [5.41, 5.74) is 0.578. The lowest BCUT2D eigenvalue weighted by Crippen LogP contribution is -2.34. The number of hydrogen-bond acceptors (Lipinski definition) is 5. The first-order chi connectivity index (χ1) is 14.1. The molecular weight excluding hydrogens is 382 g/mol. The van der Waals surface area contributed by atoms with Crippen molar-refractivity contribution >= 4 is 11.7 Å². The smallest absolute Gasteiger partial charge is 0.322 e. The van der Waals surface area contributed by atoms with Crippen molar-refractivity contribution in [2.24, 2.45) is 0 Å². The van der Waals surface area contributed by atoms with E-state index in [1.165, 1.54) is 11.0 Å². The maximum Gasteiger partial charge on any atom is 0.322 e. The van der Waals surface area contributed by atoms with Crippen LogP contribution < -0.4 is 10.1 Å². The predicted molar refractivity (Wildman–Crippen MR) is 100 cm³/mol. The number of methoxy groups -OCH3 is 1. The summed E-state index contributed by atoms with van der Waals surface area (Å²) in [7, 11) is 1.55. The molecule has 2 heterocycles.